The maximum absolute atomic E-state index is 11.7. The molecular formula is C20H24O6. The van der Waals surface area contributed by atoms with Gasteiger partial charge < -0.3 is 19.0 Å². The van der Waals surface area contributed by atoms with Crippen LogP contribution in [-0.2, 0) is 4.79 Å². The van der Waals surface area contributed by atoms with Gasteiger partial charge in [0.25, 0.3) is 0 Å². The van der Waals surface area contributed by atoms with Gasteiger partial charge in [0.2, 0.25) is 0 Å². The number of aliphatic hydroxyl groups is 1. The molecule has 2 rings (SSSR count). The summed E-state index contributed by atoms with van der Waals surface area (Å²) in [6, 6.07) is 6.38. The number of methoxy groups -OCH3 is 1. The molecule has 1 aromatic heterocycles. The highest BCUT2D eigenvalue weighted by atomic mass is 16.5. The number of rotatable bonds is 8. The molecule has 140 valence electrons. The van der Waals surface area contributed by atoms with Crippen LogP contribution in [0.25, 0.3) is 11.0 Å². The number of ketones is 1. The SMILES string of the molecule is COc1cc2ccc(=O)oc2cc1OCC=C(C)CCC(=O)C(C)(C)O. The number of benzene rings is 1. The van der Waals surface area contributed by atoms with E-state index in [9.17, 15) is 14.7 Å². The molecule has 6 nitrogen and oxygen atoms in total. The molecule has 1 aromatic carbocycles. The molecular weight excluding hydrogens is 336 g/mol. The standard InChI is InChI=1S/C20H24O6/c1-13(5-7-18(21)20(2,3)23)9-10-25-17-12-15-14(11-16(17)24-4)6-8-19(22)26-15/h6,8-9,11-12,23H,5,7,10H2,1-4H3. The summed E-state index contributed by atoms with van der Waals surface area (Å²) in [6.07, 6.45) is 2.69. The number of carbonyl (C=O) groups excluding carboxylic acids is 1. The third-order valence-electron chi connectivity index (χ3n) is 4.00. The molecule has 26 heavy (non-hydrogen) atoms. The predicted molar refractivity (Wildman–Crippen MR) is 98.8 cm³/mol. The highest BCUT2D eigenvalue weighted by molar-refractivity contribution is 5.86. The van der Waals surface area contributed by atoms with E-state index in [0.29, 0.717) is 23.5 Å². The first kappa shape index (κ1) is 19.7. The quantitative estimate of drug-likeness (QED) is 0.574. The zero-order valence-electron chi connectivity index (χ0n) is 15.5. The molecule has 0 atom stereocenters. The minimum Gasteiger partial charge on any atom is -0.493 e. The molecule has 0 aliphatic rings. The fourth-order valence-electron chi connectivity index (χ4n) is 2.34. The Labute approximate surface area is 152 Å². The van der Waals surface area contributed by atoms with E-state index < -0.39 is 11.2 Å². The average Bonchev–Trinajstić information content (AvgIpc) is 2.58. The Morgan fingerprint density at radius 1 is 1.23 bits per heavy atom. The van der Waals surface area contributed by atoms with Crippen molar-refractivity contribution in [1.29, 1.82) is 0 Å². The number of ether oxygens (including phenoxy) is 2. The number of hydrogen-bond acceptors (Lipinski definition) is 6. The fourth-order valence-corrected chi connectivity index (χ4v) is 2.34. The molecule has 0 saturated heterocycles. The lowest BCUT2D eigenvalue weighted by Gasteiger charge is -2.15. The van der Waals surface area contributed by atoms with Crippen molar-refractivity contribution in [3.05, 3.63) is 46.3 Å². The van der Waals surface area contributed by atoms with Crippen LogP contribution in [0.4, 0.5) is 0 Å². The van der Waals surface area contributed by atoms with Gasteiger partial charge in [-0.25, -0.2) is 4.79 Å². The van der Waals surface area contributed by atoms with Crippen molar-refractivity contribution in [2.75, 3.05) is 13.7 Å². The molecule has 0 saturated carbocycles. The third-order valence-corrected chi connectivity index (χ3v) is 4.00. The molecule has 0 aliphatic carbocycles. The minimum absolute atomic E-state index is 0.197. The van der Waals surface area contributed by atoms with Gasteiger partial charge in [0.1, 0.15) is 17.8 Å². The van der Waals surface area contributed by atoms with Crippen molar-refractivity contribution in [3.63, 3.8) is 0 Å². The first-order chi connectivity index (χ1) is 12.2. The second-order valence-electron chi connectivity index (χ2n) is 6.64. The van der Waals surface area contributed by atoms with Gasteiger partial charge in [-0.3, -0.25) is 4.79 Å². The summed E-state index contributed by atoms with van der Waals surface area (Å²) in [7, 11) is 1.54. The van der Waals surface area contributed by atoms with Gasteiger partial charge in [-0.05, 0) is 45.4 Å². The summed E-state index contributed by atoms with van der Waals surface area (Å²) in [5.74, 6) is 0.804. The molecule has 0 amide bonds. The number of allylic oxidation sites excluding steroid dienone is 1. The van der Waals surface area contributed by atoms with E-state index in [4.69, 9.17) is 13.9 Å². The topological polar surface area (TPSA) is 86.0 Å². The summed E-state index contributed by atoms with van der Waals surface area (Å²) >= 11 is 0. The zero-order chi connectivity index (χ0) is 19.3. The van der Waals surface area contributed by atoms with Crippen molar-refractivity contribution in [3.8, 4) is 11.5 Å². The summed E-state index contributed by atoms with van der Waals surface area (Å²) in [5.41, 5.74) is -0.335. The Balaban J connectivity index is 2.04. The van der Waals surface area contributed by atoms with E-state index in [-0.39, 0.29) is 18.8 Å². The van der Waals surface area contributed by atoms with Crippen LogP contribution in [0, 0.1) is 0 Å². The monoisotopic (exact) mass is 360 g/mol. The van der Waals surface area contributed by atoms with Crippen molar-refractivity contribution in [1.82, 2.24) is 0 Å². The highest BCUT2D eigenvalue weighted by Crippen LogP contribution is 2.31. The Morgan fingerprint density at radius 2 is 1.96 bits per heavy atom. The van der Waals surface area contributed by atoms with Gasteiger partial charge in [0.05, 0.1) is 7.11 Å². The van der Waals surface area contributed by atoms with Gasteiger partial charge in [-0.2, -0.15) is 0 Å². The molecule has 1 heterocycles. The number of hydrogen-bond donors (Lipinski definition) is 1. The molecule has 2 aromatic rings. The lowest BCUT2D eigenvalue weighted by Crippen LogP contribution is -2.30. The van der Waals surface area contributed by atoms with Crippen LogP contribution in [0.2, 0.25) is 0 Å². The third kappa shape index (κ3) is 5.20. The summed E-state index contributed by atoms with van der Waals surface area (Å²) in [6.45, 7) is 5.16. The van der Waals surface area contributed by atoms with E-state index in [2.05, 4.69) is 0 Å². The summed E-state index contributed by atoms with van der Waals surface area (Å²) in [5, 5.41) is 10.4. The molecule has 6 heteroatoms. The van der Waals surface area contributed by atoms with Gasteiger partial charge in [-0.15, -0.1) is 0 Å². The zero-order valence-corrected chi connectivity index (χ0v) is 15.5. The van der Waals surface area contributed by atoms with Crippen LogP contribution in [0.15, 0.2) is 45.1 Å². The van der Waals surface area contributed by atoms with Gasteiger partial charge in [-0.1, -0.05) is 5.57 Å². The maximum Gasteiger partial charge on any atom is 0.336 e. The second kappa shape index (κ2) is 8.19. The van der Waals surface area contributed by atoms with E-state index >= 15 is 0 Å². The summed E-state index contributed by atoms with van der Waals surface area (Å²) in [4.78, 5) is 23.1. The number of fused-ring (bicyclic) bond motifs is 1. The maximum atomic E-state index is 11.7. The van der Waals surface area contributed by atoms with Crippen LogP contribution in [-0.4, -0.2) is 30.2 Å². The van der Waals surface area contributed by atoms with Gasteiger partial charge >= 0.3 is 5.63 Å². The van der Waals surface area contributed by atoms with Crippen molar-refractivity contribution in [2.45, 2.75) is 39.2 Å². The summed E-state index contributed by atoms with van der Waals surface area (Å²) < 4.78 is 16.2. The molecule has 0 aliphatic heterocycles. The van der Waals surface area contributed by atoms with Crippen LogP contribution in [0.5, 0.6) is 11.5 Å². The van der Waals surface area contributed by atoms with E-state index in [1.165, 1.54) is 27.0 Å². The molecule has 0 bridgehead atoms. The average molecular weight is 360 g/mol. The lowest BCUT2D eigenvalue weighted by molar-refractivity contribution is -0.134. The van der Waals surface area contributed by atoms with Crippen LogP contribution in [0.3, 0.4) is 0 Å². The van der Waals surface area contributed by atoms with Crippen molar-refractivity contribution < 1.29 is 23.8 Å². The number of carbonyl (C=O) groups is 1. The molecule has 0 spiro atoms. The largest absolute Gasteiger partial charge is 0.493 e. The molecule has 1 N–H and O–H groups in total. The van der Waals surface area contributed by atoms with Crippen LogP contribution in [0.1, 0.15) is 33.6 Å². The lowest BCUT2D eigenvalue weighted by atomic mass is 9.98. The Hall–Kier alpha value is -2.60. The van der Waals surface area contributed by atoms with Crippen molar-refractivity contribution in [2.24, 2.45) is 0 Å². The molecule has 0 radical (unpaired) electrons. The number of Topliss-reactive ketones (excluding diaryl/α,β-unsaturated/α-hetero) is 1. The van der Waals surface area contributed by atoms with Gasteiger partial charge in [0, 0.05) is 23.9 Å². The van der Waals surface area contributed by atoms with E-state index in [1.807, 2.05) is 13.0 Å². The van der Waals surface area contributed by atoms with E-state index in [0.717, 1.165) is 11.0 Å². The van der Waals surface area contributed by atoms with Crippen LogP contribution >= 0.6 is 0 Å². The Kier molecular flexibility index (Phi) is 6.21. The molecule has 0 unspecified atom stereocenters. The van der Waals surface area contributed by atoms with Crippen molar-refractivity contribution >= 4 is 16.8 Å². The minimum atomic E-state index is -1.31. The normalized spacial score (nSPS) is 12.3. The first-order valence-electron chi connectivity index (χ1n) is 8.36. The van der Waals surface area contributed by atoms with E-state index in [1.54, 1.807) is 18.2 Å². The first-order valence-corrected chi connectivity index (χ1v) is 8.36. The van der Waals surface area contributed by atoms with Crippen LogP contribution < -0.4 is 15.1 Å². The van der Waals surface area contributed by atoms with Gasteiger partial charge in [0.15, 0.2) is 17.3 Å². The Morgan fingerprint density at radius 3 is 2.62 bits per heavy atom. The predicted octanol–water partition coefficient (Wildman–Crippen LogP) is 3.25. The fraction of sp³-hybridized carbons (Fsp3) is 0.400. The Bertz CT molecular complexity index is 870. The molecule has 0 fully saturated rings. The highest BCUT2D eigenvalue weighted by Gasteiger charge is 2.22. The smallest absolute Gasteiger partial charge is 0.336 e. The second-order valence-corrected chi connectivity index (χ2v) is 6.64.